The van der Waals surface area contributed by atoms with Gasteiger partial charge in [-0.05, 0) is 60.9 Å². The van der Waals surface area contributed by atoms with E-state index in [1.165, 1.54) is 0 Å². The summed E-state index contributed by atoms with van der Waals surface area (Å²) in [5.41, 5.74) is 7.97. The van der Waals surface area contributed by atoms with E-state index < -0.39 is 5.97 Å². The number of aryl methyl sites for hydroxylation is 2. The Kier molecular flexibility index (Phi) is 4.63. The van der Waals surface area contributed by atoms with Gasteiger partial charge in [0.2, 0.25) is 0 Å². The van der Waals surface area contributed by atoms with Crippen molar-refractivity contribution in [3.05, 3.63) is 84.8 Å². The van der Waals surface area contributed by atoms with E-state index in [4.69, 9.17) is 0 Å². The maximum absolute atomic E-state index is 11.2. The zero-order valence-corrected chi connectivity index (χ0v) is 17.0. The molecule has 7 heteroatoms. The molecular formula is C24H21N5O2. The van der Waals surface area contributed by atoms with Crippen LogP contribution >= 0.6 is 0 Å². The Bertz CT molecular complexity index is 1360. The van der Waals surface area contributed by atoms with Gasteiger partial charge >= 0.3 is 5.97 Å². The van der Waals surface area contributed by atoms with Crippen molar-refractivity contribution in [1.82, 2.24) is 24.1 Å². The Morgan fingerprint density at radius 2 is 1.97 bits per heavy atom. The molecule has 3 aromatic heterocycles. The monoisotopic (exact) mass is 411 g/mol. The summed E-state index contributed by atoms with van der Waals surface area (Å²) in [6.45, 7) is 2.06. The number of hydrogen-bond donors (Lipinski definition) is 2. The Morgan fingerprint density at radius 1 is 1.13 bits per heavy atom. The quantitative estimate of drug-likeness (QED) is 0.430. The maximum atomic E-state index is 11.2. The summed E-state index contributed by atoms with van der Waals surface area (Å²) in [6.07, 6.45) is 7.63. The van der Waals surface area contributed by atoms with E-state index in [0.717, 1.165) is 44.9 Å². The maximum Gasteiger partial charge on any atom is 0.303 e. The van der Waals surface area contributed by atoms with Crippen molar-refractivity contribution < 1.29 is 9.90 Å². The molecule has 0 amide bonds. The number of hydrogen-bond acceptors (Lipinski definition) is 3. The Morgan fingerprint density at radius 3 is 2.71 bits per heavy atom. The highest BCUT2D eigenvalue weighted by Crippen LogP contribution is 2.31. The number of aromatic nitrogens is 5. The first-order chi connectivity index (χ1) is 15.1. The smallest absolute Gasteiger partial charge is 0.303 e. The van der Waals surface area contributed by atoms with Gasteiger partial charge in [-0.1, -0.05) is 12.1 Å². The number of nitrogens with one attached hydrogen (secondary N) is 1. The lowest BCUT2D eigenvalue weighted by Crippen LogP contribution is -2.07. The van der Waals surface area contributed by atoms with Crippen LogP contribution in [0.3, 0.4) is 0 Å². The van der Waals surface area contributed by atoms with Crippen molar-refractivity contribution in [3.8, 4) is 22.6 Å². The van der Waals surface area contributed by atoms with E-state index >= 15 is 0 Å². The number of aromatic amines is 1. The van der Waals surface area contributed by atoms with Crippen LogP contribution in [0.5, 0.6) is 0 Å². The molecule has 0 aliphatic carbocycles. The number of nitrogens with zero attached hydrogens (tertiary/aromatic N) is 4. The molecule has 0 spiro atoms. The minimum atomic E-state index is -0.807. The van der Waals surface area contributed by atoms with Crippen molar-refractivity contribution in [3.63, 3.8) is 0 Å². The zero-order valence-electron chi connectivity index (χ0n) is 17.0. The van der Waals surface area contributed by atoms with Gasteiger partial charge in [-0.25, -0.2) is 9.97 Å². The van der Waals surface area contributed by atoms with Crippen molar-refractivity contribution >= 4 is 17.0 Å². The molecule has 2 aromatic carbocycles. The first-order valence-corrected chi connectivity index (χ1v) is 10.1. The van der Waals surface area contributed by atoms with E-state index in [0.29, 0.717) is 6.42 Å². The molecule has 0 bridgehead atoms. The standard InChI is InChI=1S/C24H21N5O2/c1-16-12-20-21(27-14-26-20)13-23(16)29-19(7-9-24(30)31)6-8-22(29)17-2-4-18(5-3-17)28-11-10-25-15-28/h2-6,8,10-15H,7,9H2,1H3,(H,26,27)(H,30,31). The van der Waals surface area contributed by atoms with Crippen LogP contribution in [-0.2, 0) is 11.2 Å². The van der Waals surface area contributed by atoms with Crippen LogP contribution < -0.4 is 0 Å². The SMILES string of the molecule is Cc1cc2[nH]cnc2cc1-n1c(CCC(=O)O)ccc1-c1ccc(-n2ccnc2)cc1. The third-order valence-corrected chi connectivity index (χ3v) is 5.50. The number of H-pyrrole nitrogens is 1. The molecule has 154 valence electrons. The van der Waals surface area contributed by atoms with E-state index in [1.807, 2.05) is 16.8 Å². The van der Waals surface area contributed by atoms with Gasteiger partial charge in [0.1, 0.15) is 0 Å². The van der Waals surface area contributed by atoms with Crippen LogP contribution in [0.1, 0.15) is 17.7 Å². The molecule has 0 atom stereocenters. The fraction of sp³-hybridized carbons (Fsp3) is 0.125. The highest BCUT2D eigenvalue weighted by atomic mass is 16.4. The van der Waals surface area contributed by atoms with Gasteiger partial charge in [0.15, 0.2) is 0 Å². The van der Waals surface area contributed by atoms with Gasteiger partial charge in [0, 0.05) is 23.8 Å². The number of imidazole rings is 2. The number of benzene rings is 2. The molecule has 3 heterocycles. The number of carboxylic acid groups (broad SMARTS) is 1. The van der Waals surface area contributed by atoms with Crippen molar-refractivity contribution in [2.24, 2.45) is 0 Å². The number of aliphatic carboxylic acids is 1. The summed E-state index contributed by atoms with van der Waals surface area (Å²) in [5, 5.41) is 9.22. The molecule has 7 nitrogen and oxygen atoms in total. The summed E-state index contributed by atoms with van der Waals surface area (Å²) in [7, 11) is 0. The number of carboxylic acids is 1. The highest BCUT2D eigenvalue weighted by Gasteiger charge is 2.16. The van der Waals surface area contributed by atoms with Gasteiger partial charge in [-0.3, -0.25) is 4.79 Å². The molecular weight excluding hydrogens is 390 g/mol. The van der Waals surface area contributed by atoms with Gasteiger partial charge < -0.3 is 19.2 Å². The topological polar surface area (TPSA) is 88.7 Å². The molecule has 0 saturated heterocycles. The third-order valence-electron chi connectivity index (χ3n) is 5.50. The first kappa shape index (κ1) is 18.9. The predicted octanol–water partition coefficient (Wildman–Crippen LogP) is 4.53. The van der Waals surface area contributed by atoms with Gasteiger partial charge in [0.25, 0.3) is 0 Å². The number of carbonyl (C=O) groups is 1. The number of fused-ring (bicyclic) bond motifs is 1. The molecule has 0 radical (unpaired) electrons. The van der Waals surface area contributed by atoms with E-state index in [-0.39, 0.29) is 6.42 Å². The Labute approximate surface area is 178 Å². The van der Waals surface area contributed by atoms with Crippen molar-refractivity contribution in [2.45, 2.75) is 19.8 Å². The van der Waals surface area contributed by atoms with E-state index in [1.54, 1.807) is 18.9 Å². The minimum Gasteiger partial charge on any atom is -0.481 e. The van der Waals surface area contributed by atoms with Crippen LogP contribution in [0.2, 0.25) is 0 Å². The van der Waals surface area contributed by atoms with Gasteiger partial charge in [-0.15, -0.1) is 0 Å². The zero-order chi connectivity index (χ0) is 21.4. The fourth-order valence-electron chi connectivity index (χ4n) is 3.96. The lowest BCUT2D eigenvalue weighted by atomic mass is 10.1. The van der Waals surface area contributed by atoms with Crippen molar-refractivity contribution in [2.75, 3.05) is 0 Å². The highest BCUT2D eigenvalue weighted by molar-refractivity contribution is 5.80. The summed E-state index contributed by atoms with van der Waals surface area (Å²) in [4.78, 5) is 22.9. The summed E-state index contributed by atoms with van der Waals surface area (Å²) in [5.74, 6) is -0.807. The molecule has 31 heavy (non-hydrogen) atoms. The summed E-state index contributed by atoms with van der Waals surface area (Å²) >= 11 is 0. The molecule has 0 aliphatic heterocycles. The second-order valence-corrected chi connectivity index (χ2v) is 7.51. The lowest BCUT2D eigenvalue weighted by molar-refractivity contribution is -0.136. The predicted molar refractivity (Wildman–Crippen MR) is 119 cm³/mol. The first-order valence-electron chi connectivity index (χ1n) is 10.1. The van der Waals surface area contributed by atoms with Crippen LogP contribution in [-0.4, -0.2) is 35.2 Å². The Hall–Kier alpha value is -4.13. The van der Waals surface area contributed by atoms with Crippen molar-refractivity contribution in [1.29, 1.82) is 0 Å². The van der Waals surface area contributed by atoms with Crippen LogP contribution in [0.4, 0.5) is 0 Å². The van der Waals surface area contributed by atoms with Gasteiger partial charge in [-0.2, -0.15) is 0 Å². The largest absolute Gasteiger partial charge is 0.481 e. The molecule has 0 aliphatic rings. The molecule has 5 rings (SSSR count). The lowest BCUT2D eigenvalue weighted by Gasteiger charge is -2.17. The molecule has 0 saturated carbocycles. The van der Waals surface area contributed by atoms with Crippen LogP contribution in [0, 0.1) is 6.92 Å². The minimum absolute atomic E-state index is 0.0761. The van der Waals surface area contributed by atoms with Crippen LogP contribution in [0.15, 0.2) is 73.6 Å². The molecule has 2 N–H and O–H groups in total. The van der Waals surface area contributed by atoms with E-state index in [9.17, 15) is 9.90 Å². The Balaban J connectivity index is 1.63. The average molecular weight is 411 g/mol. The summed E-state index contributed by atoms with van der Waals surface area (Å²) < 4.78 is 4.11. The fourth-order valence-corrected chi connectivity index (χ4v) is 3.96. The molecule has 0 unspecified atom stereocenters. The molecule has 5 aromatic rings. The van der Waals surface area contributed by atoms with Gasteiger partial charge in [0.05, 0.1) is 41.5 Å². The second-order valence-electron chi connectivity index (χ2n) is 7.51. The normalized spacial score (nSPS) is 11.3. The molecule has 0 fully saturated rings. The average Bonchev–Trinajstić information content (AvgIpc) is 3.52. The third kappa shape index (κ3) is 3.50. The van der Waals surface area contributed by atoms with E-state index in [2.05, 4.69) is 68.9 Å². The summed E-state index contributed by atoms with van der Waals surface area (Å²) in [6, 6.07) is 16.4. The van der Waals surface area contributed by atoms with Crippen LogP contribution in [0.25, 0.3) is 33.7 Å². The second kappa shape index (κ2) is 7.60. The number of rotatable bonds is 6.